The van der Waals surface area contributed by atoms with E-state index in [9.17, 15) is 0 Å². The van der Waals surface area contributed by atoms with Gasteiger partial charge in [-0.05, 0) is 32.4 Å². The van der Waals surface area contributed by atoms with E-state index in [-0.39, 0.29) is 0 Å². The molecule has 2 rings (SSSR count). The molecule has 6 heteroatoms. The lowest BCUT2D eigenvalue weighted by atomic mass is 10.1. The Balaban J connectivity index is 1.94. The average molecular weight is 347 g/mol. The molecule has 130 valence electrons. The SMILES string of the molecule is CCc1ccc(CNC(=NC)NCc2ncc(C)c(OC)c2C)s1. The predicted molar refractivity (Wildman–Crippen MR) is 101 cm³/mol. The van der Waals surface area contributed by atoms with E-state index in [0.717, 1.165) is 41.5 Å². The number of hydrogen-bond acceptors (Lipinski definition) is 4. The van der Waals surface area contributed by atoms with Crippen LogP contribution in [-0.4, -0.2) is 25.1 Å². The van der Waals surface area contributed by atoms with Gasteiger partial charge >= 0.3 is 0 Å². The van der Waals surface area contributed by atoms with Gasteiger partial charge in [-0.2, -0.15) is 0 Å². The zero-order valence-corrected chi connectivity index (χ0v) is 15.9. The van der Waals surface area contributed by atoms with Gasteiger partial charge in [0.05, 0.1) is 25.9 Å². The molecule has 2 N–H and O–H groups in total. The maximum absolute atomic E-state index is 5.46. The Morgan fingerprint density at radius 3 is 2.54 bits per heavy atom. The fourth-order valence-electron chi connectivity index (χ4n) is 2.52. The van der Waals surface area contributed by atoms with E-state index in [4.69, 9.17) is 4.74 Å². The Kier molecular flexibility index (Phi) is 6.61. The Labute approximate surface area is 148 Å². The van der Waals surface area contributed by atoms with Crippen molar-refractivity contribution in [2.24, 2.45) is 4.99 Å². The molecule has 24 heavy (non-hydrogen) atoms. The van der Waals surface area contributed by atoms with Crippen LogP contribution in [0, 0.1) is 13.8 Å². The van der Waals surface area contributed by atoms with Crippen molar-refractivity contribution in [3.63, 3.8) is 0 Å². The zero-order valence-electron chi connectivity index (χ0n) is 15.1. The van der Waals surface area contributed by atoms with E-state index in [0.29, 0.717) is 6.54 Å². The summed E-state index contributed by atoms with van der Waals surface area (Å²) < 4.78 is 5.46. The second-order valence-electron chi connectivity index (χ2n) is 5.55. The Bertz CT molecular complexity index is 709. The van der Waals surface area contributed by atoms with Gasteiger partial charge in [-0.1, -0.05) is 6.92 Å². The number of thiophene rings is 1. The third-order valence-corrected chi connectivity index (χ3v) is 5.12. The summed E-state index contributed by atoms with van der Waals surface area (Å²) in [7, 11) is 3.47. The number of nitrogens with one attached hydrogen (secondary N) is 2. The first-order chi connectivity index (χ1) is 11.6. The fourth-order valence-corrected chi connectivity index (χ4v) is 3.41. The van der Waals surface area contributed by atoms with Crippen molar-refractivity contribution < 1.29 is 4.74 Å². The summed E-state index contributed by atoms with van der Waals surface area (Å²) >= 11 is 1.83. The minimum absolute atomic E-state index is 0.604. The molecular weight excluding hydrogens is 320 g/mol. The molecule has 0 spiro atoms. The first kappa shape index (κ1) is 18.3. The lowest BCUT2D eigenvalue weighted by molar-refractivity contribution is 0.406. The van der Waals surface area contributed by atoms with Crippen LogP contribution in [0.2, 0.25) is 0 Å². The number of aromatic nitrogens is 1. The minimum atomic E-state index is 0.604. The van der Waals surface area contributed by atoms with Gasteiger partial charge in [0.1, 0.15) is 5.75 Å². The van der Waals surface area contributed by atoms with E-state index in [1.165, 1.54) is 9.75 Å². The number of rotatable bonds is 6. The maximum atomic E-state index is 5.46. The molecule has 2 heterocycles. The molecule has 2 aromatic heterocycles. The van der Waals surface area contributed by atoms with Gasteiger partial charge in [-0.15, -0.1) is 11.3 Å². The topological polar surface area (TPSA) is 58.5 Å². The molecule has 0 bridgehead atoms. The van der Waals surface area contributed by atoms with Crippen LogP contribution in [0.4, 0.5) is 0 Å². The number of aliphatic imine (C=N–C) groups is 1. The van der Waals surface area contributed by atoms with Crippen molar-refractivity contribution in [2.45, 2.75) is 40.3 Å². The average Bonchev–Trinajstić information content (AvgIpc) is 3.05. The molecule has 0 aliphatic carbocycles. The van der Waals surface area contributed by atoms with Crippen molar-refractivity contribution in [1.82, 2.24) is 15.6 Å². The molecule has 0 amide bonds. The highest BCUT2D eigenvalue weighted by Crippen LogP contribution is 2.23. The summed E-state index contributed by atoms with van der Waals surface area (Å²) in [5.41, 5.74) is 3.07. The van der Waals surface area contributed by atoms with E-state index >= 15 is 0 Å². The number of guanidine groups is 1. The molecule has 0 unspecified atom stereocenters. The molecule has 0 aromatic carbocycles. The number of aryl methyl sites for hydroxylation is 2. The van der Waals surface area contributed by atoms with Crippen LogP contribution in [0.15, 0.2) is 23.3 Å². The van der Waals surface area contributed by atoms with Crippen LogP contribution < -0.4 is 15.4 Å². The van der Waals surface area contributed by atoms with Gasteiger partial charge in [0.15, 0.2) is 5.96 Å². The van der Waals surface area contributed by atoms with E-state index in [1.54, 1.807) is 14.2 Å². The Morgan fingerprint density at radius 2 is 1.92 bits per heavy atom. The lowest BCUT2D eigenvalue weighted by Crippen LogP contribution is -2.36. The van der Waals surface area contributed by atoms with Crippen molar-refractivity contribution in [3.05, 3.63) is 44.9 Å². The van der Waals surface area contributed by atoms with Crippen LogP contribution >= 0.6 is 11.3 Å². The summed E-state index contributed by atoms with van der Waals surface area (Å²) in [6.45, 7) is 7.58. The molecule has 2 aromatic rings. The monoisotopic (exact) mass is 346 g/mol. The fraction of sp³-hybridized carbons (Fsp3) is 0.444. The second kappa shape index (κ2) is 8.68. The summed E-state index contributed by atoms with van der Waals surface area (Å²) in [6.07, 6.45) is 2.93. The molecule has 0 aliphatic heterocycles. The largest absolute Gasteiger partial charge is 0.496 e. The van der Waals surface area contributed by atoms with Crippen LogP contribution in [0.3, 0.4) is 0 Å². The van der Waals surface area contributed by atoms with Crippen LogP contribution in [0.1, 0.15) is 33.5 Å². The zero-order chi connectivity index (χ0) is 17.5. The minimum Gasteiger partial charge on any atom is -0.496 e. The highest BCUT2D eigenvalue weighted by atomic mass is 32.1. The third-order valence-electron chi connectivity index (χ3n) is 3.89. The van der Waals surface area contributed by atoms with Crippen molar-refractivity contribution in [3.8, 4) is 5.75 Å². The van der Waals surface area contributed by atoms with E-state index < -0.39 is 0 Å². The van der Waals surface area contributed by atoms with Gasteiger partial charge in [0.2, 0.25) is 0 Å². The molecule has 5 nitrogen and oxygen atoms in total. The van der Waals surface area contributed by atoms with Gasteiger partial charge in [-0.25, -0.2) is 0 Å². The summed E-state index contributed by atoms with van der Waals surface area (Å²) in [4.78, 5) is 11.5. The summed E-state index contributed by atoms with van der Waals surface area (Å²) in [5.74, 6) is 1.66. The van der Waals surface area contributed by atoms with Crippen molar-refractivity contribution >= 4 is 17.3 Å². The Morgan fingerprint density at radius 1 is 1.21 bits per heavy atom. The first-order valence-electron chi connectivity index (χ1n) is 8.10. The van der Waals surface area contributed by atoms with E-state index in [1.807, 2.05) is 31.4 Å². The summed E-state index contributed by atoms with van der Waals surface area (Å²) in [6, 6.07) is 4.35. The van der Waals surface area contributed by atoms with Gasteiger partial charge in [-0.3, -0.25) is 9.98 Å². The second-order valence-corrected chi connectivity index (χ2v) is 6.80. The van der Waals surface area contributed by atoms with Crippen LogP contribution in [0.5, 0.6) is 5.75 Å². The quantitative estimate of drug-likeness (QED) is 0.623. The molecule has 0 radical (unpaired) electrons. The molecular formula is C18H26N4OS. The van der Waals surface area contributed by atoms with Gasteiger partial charge < -0.3 is 15.4 Å². The number of ether oxygens (including phenoxy) is 1. The predicted octanol–water partition coefficient (Wildman–Crippen LogP) is 3.20. The molecule has 0 saturated heterocycles. The van der Waals surface area contributed by atoms with Gasteiger partial charge in [0.25, 0.3) is 0 Å². The highest BCUT2D eigenvalue weighted by molar-refractivity contribution is 7.11. The molecule has 0 fully saturated rings. The third kappa shape index (κ3) is 4.47. The van der Waals surface area contributed by atoms with Gasteiger partial charge in [0, 0.05) is 34.1 Å². The van der Waals surface area contributed by atoms with Crippen LogP contribution in [0.25, 0.3) is 0 Å². The lowest BCUT2D eigenvalue weighted by Gasteiger charge is -2.15. The maximum Gasteiger partial charge on any atom is 0.191 e. The Hall–Kier alpha value is -2.08. The van der Waals surface area contributed by atoms with E-state index in [2.05, 4.69) is 39.7 Å². The molecule has 0 saturated carbocycles. The van der Waals surface area contributed by atoms with Crippen molar-refractivity contribution in [1.29, 1.82) is 0 Å². The summed E-state index contributed by atoms with van der Waals surface area (Å²) in [5, 5.41) is 6.66. The normalized spacial score (nSPS) is 11.5. The highest BCUT2D eigenvalue weighted by Gasteiger charge is 2.10. The first-order valence-corrected chi connectivity index (χ1v) is 8.91. The number of nitrogens with zero attached hydrogens (tertiary/aromatic N) is 2. The van der Waals surface area contributed by atoms with Crippen molar-refractivity contribution in [2.75, 3.05) is 14.2 Å². The number of hydrogen-bond donors (Lipinski definition) is 2. The van der Waals surface area contributed by atoms with Crippen LogP contribution in [-0.2, 0) is 19.5 Å². The smallest absolute Gasteiger partial charge is 0.191 e. The standard InChI is InChI=1S/C18H26N4OS/c1-6-14-7-8-15(24-14)10-21-18(19-4)22-11-16-13(3)17(23-5)12(2)9-20-16/h7-9H,6,10-11H2,1-5H3,(H2,19,21,22). The molecule has 0 atom stereocenters. The number of pyridine rings is 1. The molecule has 0 aliphatic rings. The number of methoxy groups -OCH3 is 1.